The van der Waals surface area contributed by atoms with Crippen LogP contribution in [-0.4, -0.2) is 27.8 Å². The monoisotopic (exact) mass is 432 g/mol. The summed E-state index contributed by atoms with van der Waals surface area (Å²) in [7, 11) is -0.859. The minimum atomic E-state index is -3.79. The molecule has 138 valence electrons. The topological polar surface area (TPSA) is 90.7 Å². The minimum absolute atomic E-state index is 0.0545. The van der Waals surface area contributed by atoms with Crippen molar-refractivity contribution in [3.63, 3.8) is 0 Å². The molecule has 0 unspecified atom stereocenters. The van der Waals surface area contributed by atoms with E-state index in [0.29, 0.717) is 27.2 Å². The van der Waals surface area contributed by atoms with Crippen LogP contribution in [0.15, 0.2) is 32.3 Å². The molecule has 1 aromatic heterocycles. The number of nitrogens with zero attached hydrogens (tertiary/aromatic N) is 1. The van der Waals surface area contributed by atoms with Gasteiger partial charge in [0.25, 0.3) is 0 Å². The molecule has 1 aromatic carbocycles. The number of rotatable bonds is 6. The number of ether oxygens (including phenoxy) is 2. The molecule has 1 heterocycles. The van der Waals surface area contributed by atoms with Crippen molar-refractivity contribution in [3.8, 4) is 11.5 Å². The highest BCUT2D eigenvalue weighted by Crippen LogP contribution is 2.35. The van der Waals surface area contributed by atoms with Crippen molar-refractivity contribution in [2.24, 2.45) is 0 Å². The summed E-state index contributed by atoms with van der Waals surface area (Å²) in [4.78, 5) is 0.0545. The molecule has 9 heteroatoms. The van der Waals surface area contributed by atoms with E-state index in [1.54, 1.807) is 6.07 Å². The molecule has 0 radical (unpaired) electrons. The van der Waals surface area contributed by atoms with Gasteiger partial charge in [-0.3, -0.25) is 0 Å². The molecule has 7 nitrogen and oxygen atoms in total. The van der Waals surface area contributed by atoms with Gasteiger partial charge in [-0.2, -0.15) is 0 Å². The minimum Gasteiger partial charge on any atom is -0.493 e. The smallest absolute Gasteiger partial charge is 0.242 e. The van der Waals surface area contributed by atoms with E-state index in [9.17, 15) is 8.42 Å². The Morgan fingerprint density at radius 1 is 1.20 bits per heavy atom. The SMILES string of the molecule is COc1cc(Br)c(S(=O)(=O)NCc2conc2C(C)(C)C)cc1OC. The zero-order chi connectivity index (χ0) is 18.8. The third-order valence-electron chi connectivity index (χ3n) is 3.53. The average Bonchev–Trinajstić information content (AvgIpc) is 3.01. The zero-order valence-electron chi connectivity index (χ0n) is 14.7. The zero-order valence-corrected chi connectivity index (χ0v) is 17.1. The summed E-state index contributed by atoms with van der Waals surface area (Å²) in [6.07, 6.45) is 1.45. The molecule has 0 aliphatic heterocycles. The van der Waals surface area contributed by atoms with E-state index in [-0.39, 0.29) is 16.9 Å². The number of halogens is 1. The second kappa shape index (κ2) is 7.35. The van der Waals surface area contributed by atoms with Crippen LogP contribution in [0.3, 0.4) is 0 Å². The molecule has 0 atom stereocenters. The number of aromatic nitrogens is 1. The summed E-state index contributed by atoms with van der Waals surface area (Å²) >= 11 is 3.27. The summed E-state index contributed by atoms with van der Waals surface area (Å²) in [5, 5.41) is 3.97. The van der Waals surface area contributed by atoms with Gasteiger partial charge in [0.05, 0.1) is 19.9 Å². The standard InChI is InChI=1S/C16H21BrN2O5S/c1-16(2,3)15-10(9-24-19-15)8-18-25(20,21)14-7-13(23-5)12(22-4)6-11(14)17/h6-7,9,18H,8H2,1-5H3. The first-order valence-electron chi connectivity index (χ1n) is 7.45. The largest absolute Gasteiger partial charge is 0.493 e. The molecule has 0 aliphatic rings. The van der Waals surface area contributed by atoms with Crippen molar-refractivity contribution in [1.82, 2.24) is 9.88 Å². The lowest BCUT2D eigenvalue weighted by Crippen LogP contribution is -2.25. The summed E-state index contributed by atoms with van der Waals surface area (Å²) in [6.45, 7) is 6.01. The average molecular weight is 433 g/mol. The van der Waals surface area contributed by atoms with Gasteiger partial charge in [0.15, 0.2) is 11.5 Å². The van der Waals surface area contributed by atoms with Crippen LogP contribution < -0.4 is 14.2 Å². The van der Waals surface area contributed by atoms with Gasteiger partial charge >= 0.3 is 0 Å². The van der Waals surface area contributed by atoms with Gasteiger partial charge in [-0.1, -0.05) is 25.9 Å². The van der Waals surface area contributed by atoms with Crippen molar-refractivity contribution in [1.29, 1.82) is 0 Å². The van der Waals surface area contributed by atoms with E-state index in [0.717, 1.165) is 0 Å². The normalized spacial score (nSPS) is 12.2. The first kappa shape index (κ1) is 19.7. The molecule has 25 heavy (non-hydrogen) atoms. The van der Waals surface area contributed by atoms with E-state index in [1.807, 2.05) is 20.8 Å². The molecular weight excluding hydrogens is 412 g/mol. The van der Waals surface area contributed by atoms with Gasteiger partial charge < -0.3 is 14.0 Å². The Labute approximate surface area is 155 Å². The maximum absolute atomic E-state index is 12.7. The van der Waals surface area contributed by atoms with Crippen LogP contribution >= 0.6 is 15.9 Å². The lowest BCUT2D eigenvalue weighted by molar-refractivity contribution is 0.353. The highest BCUT2D eigenvalue weighted by Gasteiger charge is 2.25. The van der Waals surface area contributed by atoms with Crippen molar-refractivity contribution in [2.75, 3.05) is 14.2 Å². The molecule has 0 fully saturated rings. The molecule has 0 saturated carbocycles. The summed E-state index contributed by atoms with van der Waals surface area (Å²) in [5.74, 6) is 0.758. The van der Waals surface area contributed by atoms with E-state index in [4.69, 9.17) is 14.0 Å². The lowest BCUT2D eigenvalue weighted by atomic mass is 9.90. The number of methoxy groups -OCH3 is 2. The second-order valence-electron chi connectivity index (χ2n) is 6.40. The number of nitrogens with one attached hydrogen (secondary N) is 1. The predicted molar refractivity (Wildman–Crippen MR) is 96.5 cm³/mol. The quantitative estimate of drug-likeness (QED) is 0.753. The number of benzene rings is 1. The fourth-order valence-electron chi connectivity index (χ4n) is 2.29. The van der Waals surface area contributed by atoms with Crippen molar-refractivity contribution in [3.05, 3.63) is 34.1 Å². The van der Waals surface area contributed by atoms with E-state index in [2.05, 4.69) is 25.8 Å². The number of sulfonamides is 1. The molecule has 0 spiro atoms. The Morgan fingerprint density at radius 3 is 2.36 bits per heavy atom. The maximum Gasteiger partial charge on any atom is 0.242 e. The Morgan fingerprint density at radius 2 is 1.80 bits per heavy atom. The lowest BCUT2D eigenvalue weighted by Gasteiger charge is -2.17. The molecule has 1 N–H and O–H groups in total. The fourth-order valence-corrected chi connectivity index (χ4v) is 4.33. The van der Waals surface area contributed by atoms with Crippen molar-refractivity contribution >= 4 is 26.0 Å². The molecule has 0 aliphatic carbocycles. The Balaban J connectivity index is 2.30. The van der Waals surface area contributed by atoms with E-state index >= 15 is 0 Å². The molecule has 2 rings (SSSR count). The summed E-state index contributed by atoms with van der Waals surface area (Å²) in [5.41, 5.74) is 1.15. The first-order chi connectivity index (χ1) is 11.6. The highest BCUT2D eigenvalue weighted by molar-refractivity contribution is 9.10. The van der Waals surface area contributed by atoms with Gasteiger partial charge in [-0.25, -0.2) is 13.1 Å². The van der Waals surface area contributed by atoms with Gasteiger partial charge in [0.2, 0.25) is 10.0 Å². The Bertz CT molecular complexity index is 856. The number of hydrogen-bond acceptors (Lipinski definition) is 6. The second-order valence-corrected chi connectivity index (χ2v) is 8.99. The van der Waals surface area contributed by atoms with Crippen LogP contribution in [0.5, 0.6) is 11.5 Å². The predicted octanol–water partition coefficient (Wildman–Crippen LogP) is 3.23. The van der Waals surface area contributed by atoms with Gasteiger partial charge in [-0.05, 0) is 22.0 Å². The fraction of sp³-hybridized carbons (Fsp3) is 0.438. The van der Waals surface area contributed by atoms with E-state index in [1.165, 1.54) is 26.5 Å². The van der Waals surface area contributed by atoms with Crippen LogP contribution in [-0.2, 0) is 22.0 Å². The van der Waals surface area contributed by atoms with Gasteiger partial charge in [0.1, 0.15) is 11.2 Å². The molecule has 0 saturated heterocycles. The molecule has 0 amide bonds. The van der Waals surface area contributed by atoms with Crippen LogP contribution in [0.2, 0.25) is 0 Å². The Kier molecular flexibility index (Phi) is 5.80. The van der Waals surface area contributed by atoms with Gasteiger partial charge in [-0.15, -0.1) is 0 Å². The molecule has 2 aromatic rings. The molecule has 0 bridgehead atoms. The van der Waals surface area contributed by atoms with Crippen molar-refractivity contribution in [2.45, 2.75) is 37.6 Å². The first-order valence-corrected chi connectivity index (χ1v) is 9.72. The third-order valence-corrected chi connectivity index (χ3v) is 5.89. The third kappa shape index (κ3) is 4.34. The maximum atomic E-state index is 12.7. The molecular formula is C16H21BrN2O5S. The van der Waals surface area contributed by atoms with Gasteiger partial charge in [0, 0.05) is 28.1 Å². The van der Waals surface area contributed by atoms with Crippen LogP contribution in [0.4, 0.5) is 0 Å². The van der Waals surface area contributed by atoms with Crippen LogP contribution in [0.1, 0.15) is 32.0 Å². The Hall–Kier alpha value is -1.58. The van der Waals surface area contributed by atoms with Crippen molar-refractivity contribution < 1.29 is 22.4 Å². The van der Waals surface area contributed by atoms with E-state index < -0.39 is 10.0 Å². The van der Waals surface area contributed by atoms with Crippen LogP contribution in [0, 0.1) is 0 Å². The highest BCUT2D eigenvalue weighted by atomic mass is 79.9. The van der Waals surface area contributed by atoms with Crippen LogP contribution in [0.25, 0.3) is 0 Å². The summed E-state index contributed by atoms with van der Waals surface area (Å²) in [6, 6.07) is 2.96. The summed E-state index contributed by atoms with van der Waals surface area (Å²) < 4.78 is 43.7. The number of hydrogen-bond donors (Lipinski definition) is 1.